The molecule has 5 nitrogen and oxygen atoms in total. The van der Waals surface area contributed by atoms with E-state index in [1.807, 2.05) is 38.2 Å². The first kappa shape index (κ1) is 14.3. The van der Waals surface area contributed by atoms with Crippen molar-refractivity contribution in [2.75, 3.05) is 0 Å². The van der Waals surface area contributed by atoms with Crippen LogP contribution in [0.5, 0.6) is 0 Å². The number of carbonyl (C=O) groups is 1. The van der Waals surface area contributed by atoms with Crippen molar-refractivity contribution in [3.8, 4) is 0 Å². The standard InChI is InChI=1S/C15H19N3O2/c1-10-6-13(7-14(16)15(19)20)11(2)18(10)9-12-4-3-5-17-8-12/h3-6,8,14H,7,9,16H2,1-2H3,(H,19,20). The van der Waals surface area contributed by atoms with Gasteiger partial charge in [0, 0.05) is 30.3 Å². The Morgan fingerprint density at radius 2 is 2.25 bits per heavy atom. The number of aliphatic carboxylic acids is 1. The van der Waals surface area contributed by atoms with Crippen LogP contribution in [-0.2, 0) is 17.8 Å². The summed E-state index contributed by atoms with van der Waals surface area (Å²) in [6, 6.07) is 5.08. The molecule has 3 N–H and O–H groups in total. The molecule has 0 aliphatic heterocycles. The fourth-order valence-corrected chi connectivity index (χ4v) is 2.32. The zero-order valence-corrected chi connectivity index (χ0v) is 11.7. The molecule has 0 radical (unpaired) electrons. The normalized spacial score (nSPS) is 12.3. The largest absolute Gasteiger partial charge is 0.480 e. The fraction of sp³-hybridized carbons (Fsp3) is 0.333. The second kappa shape index (κ2) is 5.88. The van der Waals surface area contributed by atoms with Crippen LogP contribution >= 0.6 is 0 Å². The molecular weight excluding hydrogens is 254 g/mol. The van der Waals surface area contributed by atoms with E-state index in [1.54, 1.807) is 6.20 Å². The Morgan fingerprint density at radius 3 is 2.85 bits per heavy atom. The van der Waals surface area contributed by atoms with Gasteiger partial charge in [0.1, 0.15) is 6.04 Å². The van der Waals surface area contributed by atoms with Gasteiger partial charge in [-0.2, -0.15) is 0 Å². The van der Waals surface area contributed by atoms with Gasteiger partial charge in [0.25, 0.3) is 0 Å². The molecule has 1 atom stereocenters. The number of carboxylic acid groups (broad SMARTS) is 1. The third-order valence-corrected chi connectivity index (χ3v) is 3.50. The van der Waals surface area contributed by atoms with Gasteiger partial charge in [-0.15, -0.1) is 0 Å². The molecule has 2 heterocycles. The lowest BCUT2D eigenvalue weighted by Crippen LogP contribution is -2.32. The summed E-state index contributed by atoms with van der Waals surface area (Å²) in [5.41, 5.74) is 9.87. The van der Waals surface area contributed by atoms with Crippen LogP contribution < -0.4 is 5.73 Å². The molecule has 1 unspecified atom stereocenters. The predicted molar refractivity (Wildman–Crippen MR) is 76.6 cm³/mol. The first-order valence-electron chi connectivity index (χ1n) is 6.52. The summed E-state index contributed by atoms with van der Waals surface area (Å²) in [4.78, 5) is 15.0. The number of hydrogen-bond acceptors (Lipinski definition) is 3. The summed E-state index contributed by atoms with van der Waals surface area (Å²) >= 11 is 0. The molecule has 2 rings (SSSR count). The Balaban J connectivity index is 2.23. The van der Waals surface area contributed by atoms with E-state index < -0.39 is 12.0 Å². The van der Waals surface area contributed by atoms with Crippen molar-refractivity contribution < 1.29 is 9.90 Å². The van der Waals surface area contributed by atoms with Crippen LogP contribution in [-0.4, -0.2) is 26.7 Å². The first-order chi connectivity index (χ1) is 9.49. The van der Waals surface area contributed by atoms with Crippen LogP contribution in [0.15, 0.2) is 30.6 Å². The van der Waals surface area contributed by atoms with E-state index >= 15 is 0 Å². The summed E-state index contributed by atoms with van der Waals surface area (Å²) in [6.45, 7) is 4.74. The van der Waals surface area contributed by atoms with Crippen LogP contribution in [0, 0.1) is 13.8 Å². The summed E-state index contributed by atoms with van der Waals surface area (Å²) in [6.07, 6.45) is 3.93. The SMILES string of the molecule is Cc1cc(CC(N)C(=O)O)c(C)n1Cc1cccnc1. The zero-order valence-electron chi connectivity index (χ0n) is 11.7. The molecule has 0 spiro atoms. The maximum absolute atomic E-state index is 10.9. The van der Waals surface area contributed by atoms with Crippen molar-refractivity contribution in [1.29, 1.82) is 0 Å². The molecule has 2 aromatic heterocycles. The molecule has 0 amide bonds. The van der Waals surface area contributed by atoms with Gasteiger partial charge in [0.05, 0.1) is 0 Å². The molecule has 20 heavy (non-hydrogen) atoms. The van der Waals surface area contributed by atoms with Crippen LogP contribution in [0.4, 0.5) is 0 Å². The van der Waals surface area contributed by atoms with E-state index in [1.165, 1.54) is 0 Å². The van der Waals surface area contributed by atoms with Crippen molar-refractivity contribution in [2.45, 2.75) is 32.9 Å². The summed E-state index contributed by atoms with van der Waals surface area (Å²) in [5.74, 6) is -0.970. The van der Waals surface area contributed by atoms with Gasteiger partial charge < -0.3 is 15.4 Å². The van der Waals surface area contributed by atoms with Gasteiger partial charge in [-0.3, -0.25) is 9.78 Å². The molecule has 0 fully saturated rings. The third kappa shape index (κ3) is 3.05. The van der Waals surface area contributed by atoms with Crippen molar-refractivity contribution in [3.05, 3.63) is 53.1 Å². The van der Waals surface area contributed by atoms with Crippen LogP contribution in [0.25, 0.3) is 0 Å². The number of carboxylic acids is 1. The Labute approximate surface area is 118 Å². The van der Waals surface area contributed by atoms with Gasteiger partial charge in [0.2, 0.25) is 0 Å². The molecule has 0 aliphatic rings. The number of nitrogens with zero attached hydrogens (tertiary/aromatic N) is 2. The van der Waals surface area contributed by atoms with E-state index in [2.05, 4.69) is 9.55 Å². The Kier molecular flexibility index (Phi) is 4.20. The van der Waals surface area contributed by atoms with Crippen LogP contribution in [0.1, 0.15) is 22.5 Å². The third-order valence-electron chi connectivity index (χ3n) is 3.50. The molecular formula is C15H19N3O2. The smallest absolute Gasteiger partial charge is 0.320 e. The Hall–Kier alpha value is -2.14. The second-order valence-corrected chi connectivity index (χ2v) is 4.99. The Morgan fingerprint density at radius 1 is 1.50 bits per heavy atom. The lowest BCUT2D eigenvalue weighted by Gasteiger charge is -2.10. The highest BCUT2D eigenvalue weighted by atomic mass is 16.4. The van der Waals surface area contributed by atoms with Gasteiger partial charge >= 0.3 is 5.97 Å². The van der Waals surface area contributed by atoms with Crippen molar-refractivity contribution in [3.63, 3.8) is 0 Å². The molecule has 0 bridgehead atoms. The Bertz CT molecular complexity index is 605. The highest BCUT2D eigenvalue weighted by molar-refractivity contribution is 5.73. The van der Waals surface area contributed by atoms with E-state index in [9.17, 15) is 4.79 Å². The van der Waals surface area contributed by atoms with Crippen molar-refractivity contribution >= 4 is 5.97 Å². The van der Waals surface area contributed by atoms with E-state index in [-0.39, 0.29) is 0 Å². The van der Waals surface area contributed by atoms with Gasteiger partial charge in [-0.1, -0.05) is 6.07 Å². The average molecular weight is 273 g/mol. The first-order valence-corrected chi connectivity index (χ1v) is 6.52. The number of hydrogen-bond donors (Lipinski definition) is 2. The van der Waals surface area contributed by atoms with Gasteiger partial charge in [-0.25, -0.2) is 0 Å². The molecule has 106 valence electrons. The fourth-order valence-electron chi connectivity index (χ4n) is 2.32. The van der Waals surface area contributed by atoms with Crippen molar-refractivity contribution in [1.82, 2.24) is 9.55 Å². The monoisotopic (exact) mass is 273 g/mol. The number of rotatable bonds is 5. The van der Waals surface area contributed by atoms with Gasteiger partial charge in [-0.05, 0) is 43.5 Å². The number of aromatic nitrogens is 2. The highest BCUT2D eigenvalue weighted by Crippen LogP contribution is 2.18. The number of aryl methyl sites for hydroxylation is 1. The minimum absolute atomic E-state index is 0.349. The zero-order chi connectivity index (χ0) is 14.7. The maximum atomic E-state index is 10.9. The molecule has 0 aliphatic carbocycles. The van der Waals surface area contributed by atoms with Crippen LogP contribution in [0.3, 0.4) is 0 Å². The maximum Gasteiger partial charge on any atom is 0.320 e. The van der Waals surface area contributed by atoms with E-state index in [0.29, 0.717) is 6.42 Å². The molecule has 5 heteroatoms. The average Bonchev–Trinajstić information content (AvgIpc) is 2.67. The molecule has 0 aromatic carbocycles. The molecule has 2 aromatic rings. The topological polar surface area (TPSA) is 81.1 Å². The summed E-state index contributed by atoms with van der Waals surface area (Å²) in [7, 11) is 0. The quantitative estimate of drug-likeness (QED) is 0.865. The number of nitrogens with two attached hydrogens (primary N) is 1. The minimum atomic E-state index is -0.970. The van der Waals surface area contributed by atoms with Gasteiger partial charge in [0.15, 0.2) is 0 Å². The summed E-state index contributed by atoms with van der Waals surface area (Å²) < 4.78 is 2.15. The van der Waals surface area contributed by atoms with Crippen molar-refractivity contribution in [2.24, 2.45) is 5.73 Å². The van der Waals surface area contributed by atoms with Crippen LogP contribution in [0.2, 0.25) is 0 Å². The lowest BCUT2D eigenvalue weighted by molar-refractivity contribution is -0.138. The molecule has 0 saturated heterocycles. The lowest BCUT2D eigenvalue weighted by atomic mass is 10.1. The number of pyridine rings is 1. The predicted octanol–water partition coefficient (Wildman–Crippen LogP) is 1.50. The van der Waals surface area contributed by atoms with E-state index in [4.69, 9.17) is 10.8 Å². The summed E-state index contributed by atoms with van der Waals surface area (Å²) in [5, 5.41) is 8.91. The second-order valence-electron chi connectivity index (χ2n) is 4.99. The highest BCUT2D eigenvalue weighted by Gasteiger charge is 2.16. The minimum Gasteiger partial charge on any atom is -0.480 e. The molecule has 0 saturated carbocycles. The van der Waals surface area contributed by atoms with E-state index in [0.717, 1.165) is 29.1 Å².